The first-order chi connectivity index (χ1) is 10.3. The number of benzene rings is 1. The third-order valence-corrected chi connectivity index (χ3v) is 4.68. The SMILES string of the molecule is Cn1nc(C(F)(F)F)c(CCN)c1SCc1ccccc1Cl. The Morgan fingerprint density at radius 2 is 2.00 bits per heavy atom. The van der Waals surface area contributed by atoms with E-state index in [2.05, 4.69) is 5.10 Å². The van der Waals surface area contributed by atoms with Crippen LogP contribution >= 0.6 is 23.4 Å². The van der Waals surface area contributed by atoms with Gasteiger partial charge < -0.3 is 5.73 Å². The molecular weight excluding hydrogens is 335 g/mol. The van der Waals surface area contributed by atoms with Crippen molar-refractivity contribution < 1.29 is 13.2 Å². The zero-order valence-corrected chi connectivity index (χ0v) is 13.4. The molecule has 8 heteroatoms. The lowest BCUT2D eigenvalue weighted by Gasteiger charge is -2.08. The number of aryl methyl sites for hydroxylation is 1. The Labute approximate surface area is 135 Å². The molecule has 0 radical (unpaired) electrons. The Morgan fingerprint density at radius 3 is 2.59 bits per heavy atom. The molecule has 0 saturated carbocycles. The van der Waals surface area contributed by atoms with Crippen molar-refractivity contribution >= 4 is 23.4 Å². The van der Waals surface area contributed by atoms with Crippen molar-refractivity contribution in [3.05, 3.63) is 46.1 Å². The highest BCUT2D eigenvalue weighted by Crippen LogP contribution is 2.37. The monoisotopic (exact) mass is 349 g/mol. The molecule has 0 fully saturated rings. The fourth-order valence-corrected chi connectivity index (χ4v) is 3.52. The minimum absolute atomic E-state index is 0.132. The van der Waals surface area contributed by atoms with Gasteiger partial charge in [-0.3, -0.25) is 4.68 Å². The van der Waals surface area contributed by atoms with Crippen LogP contribution in [0.3, 0.4) is 0 Å². The zero-order valence-electron chi connectivity index (χ0n) is 11.8. The summed E-state index contributed by atoms with van der Waals surface area (Å²) >= 11 is 7.35. The molecule has 1 aromatic carbocycles. The molecule has 0 unspecified atom stereocenters. The molecule has 22 heavy (non-hydrogen) atoms. The molecule has 3 nitrogen and oxygen atoms in total. The van der Waals surface area contributed by atoms with E-state index in [-0.39, 0.29) is 18.5 Å². The molecular formula is C14H15ClF3N3S. The maximum Gasteiger partial charge on any atom is 0.435 e. The van der Waals surface area contributed by atoms with Crippen LogP contribution in [0.5, 0.6) is 0 Å². The van der Waals surface area contributed by atoms with Crippen molar-refractivity contribution in [3.8, 4) is 0 Å². The first-order valence-corrected chi connectivity index (χ1v) is 7.90. The second-order valence-electron chi connectivity index (χ2n) is 4.67. The predicted molar refractivity (Wildman–Crippen MR) is 82.0 cm³/mol. The van der Waals surface area contributed by atoms with Crippen LogP contribution in [0.15, 0.2) is 29.3 Å². The van der Waals surface area contributed by atoms with E-state index in [4.69, 9.17) is 17.3 Å². The van der Waals surface area contributed by atoms with Gasteiger partial charge in [0.25, 0.3) is 0 Å². The summed E-state index contributed by atoms with van der Waals surface area (Å²) in [5.74, 6) is 0.466. The molecule has 0 saturated heterocycles. The molecule has 2 rings (SSSR count). The molecule has 120 valence electrons. The summed E-state index contributed by atoms with van der Waals surface area (Å²) < 4.78 is 40.4. The summed E-state index contributed by atoms with van der Waals surface area (Å²) in [5.41, 5.74) is 5.60. The van der Waals surface area contributed by atoms with Gasteiger partial charge in [0.1, 0.15) is 0 Å². The minimum Gasteiger partial charge on any atom is -0.330 e. The van der Waals surface area contributed by atoms with Gasteiger partial charge in [-0.05, 0) is 24.6 Å². The summed E-state index contributed by atoms with van der Waals surface area (Å²) in [6, 6.07) is 7.25. The molecule has 1 heterocycles. The molecule has 0 aliphatic rings. The third-order valence-electron chi connectivity index (χ3n) is 3.07. The average Bonchev–Trinajstić information content (AvgIpc) is 2.75. The van der Waals surface area contributed by atoms with E-state index < -0.39 is 11.9 Å². The minimum atomic E-state index is -4.48. The summed E-state index contributed by atoms with van der Waals surface area (Å²) in [6.07, 6.45) is -4.35. The van der Waals surface area contributed by atoms with Crippen molar-refractivity contribution in [2.45, 2.75) is 23.4 Å². The summed E-state index contributed by atoms with van der Waals surface area (Å²) in [7, 11) is 1.50. The van der Waals surface area contributed by atoms with Crippen molar-refractivity contribution in [2.75, 3.05) is 6.54 Å². The van der Waals surface area contributed by atoms with E-state index in [0.717, 1.165) is 5.56 Å². The zero-order chi connectivity index (χ0) is 16.3. The smallest absolute Gasteiger partial charge is 0.330 e. The number of nitrogens with zero attached hydrogens (tertiary/aromatic N) is 2. The van der Waals surface area contributed by atoms with Gasteiger partial charge in [-0.25, -0.2) is 0 Å². The highest BCUT2D eigenvalue weighted by atomic mass is 35.5. The predicted octanol–water partition coefficient (Wildman–Crippen LogP) is 3.89. The Balaban J connectivity index is 2.30. The normalized spacial score (nSPS) is 11.9. The third kappa shape index (κ3) is 3.77. The number of alkyl halides is 3. The number of aromatic nitrogens is 2. The van der Waals surface area contributed by atoms with Crippen LogP contribution in [0, 0.1) is 0 Å². The Kier molecular flexibility index (Phi) is 5.41. The van der Waals surface area contributed by atoms with Gasteiger partial charge in [-0.15, -0.1) is 11.8 Å². The van der Waals surface area contributed by atoms with Crippen molar-refractivity contribution in [1.29, 1.82) is 0 Å². The molecule has 0 amide bonds. The van der Waals surface area contributed by atoms with E-state index in [0.29, 0.717) is 15.8 Å². The Hall–Kier alpha value is -1.18. The second kappa shape index (κ2) is 6.93. The van der Waals surface area contributed by atoms with Crippen LogP contribution < -0.4 is 5.73 Å². The van der Waals surface area contributed by atoms with Gasteiger partial charge >= 0.3 is 6.18 Å². The number of rotatable bonds is 5. The molecule has 0 aliphatic heterocycles. The van der Waals surface area contributed by atoms with Crippen molar-refractivity contribution in [3.63, 3.8) is 0 Å². The lowest BCUT2D eigenvalue weighted by molar-refractivity contribution is -0.142. The highest BCUT2D eigenvalue weighted by molar-refractivity contribution is 7.98. The van der Waals surface area contributed by atoms with Crippen LogP contribution in [0.2, 0.25) is 5.02 Å². The summed E-state index contributed by atoms with van der Waals surface area (Å²) in [4.78, 5) is 0. The van der Waals surface area contributed by atoms with Crippen LogP contribution in [0.4, 0.5) is 13.2 Å². The quantitative estimate of drug-likeness (QED) is 0.833. The molecule has 1 aromatic heterocycles. The Bertz CT molecular complexity index is 655. The number of halogens is 4. The fourth-order valence-electron chi connectivity index (χ4n) is 2.09. The maximum atomic E-state index is 13.0. The average molecular weight is 350 g/mol. The molecule has 2 aromatic rings. The van der Waals surface area contributed by atoms with Gasteiger partial charge in [0, 0.05) is 23.4 Å². The first kappa shape index (κ1) is 17.2. The van der Waals surface area contributed by atoms with Gasteiger partial charge in [-0.1, -0.05) is 29.8 Å². The standard InChI is InChI=1S/C14H15ClF3N3S/c1-21-13(22-8-9-4-2-3-5-11(9)15)10(6-7-19)12(20-21)14(16,17)18/h2-5H,6-8,19H2,1H3. The van der Waals surface area contributed by atoms with Crippen molar-refractivity contribution in [2.24, 2.45) is 12.8 Å². The lowest BCUT2D eigenvalue weighted by atomic mass is 10.2. The first-order valence-electron chi connectivity index (χ1n) is 6.54. The highest BCUT2D eigenvalue weighted by Gasteiger charge is 2.38. The van der Waals surface area contributed by atoms with E-state index in [9.17, 15) is 13.2 Å². The van der Waals surface area contributed by atoms with E-state index >= 15 is 0 Å². The fraction of sp³-hybridized carbons (Fsp3) is 0.357. The van der Waals surface area contributed by atoms with E-state index in [1.807, 2.05) is 18.2 Å². The van der Waals surface area contributed by atoms with Crippen molar-refractivity contribution in [1.82, 2.24) is 9.78 Å². The van der Waals surface area contributed by atoms with Crippen LogP contribution in [-0.4, -0.2) is 16.3 Å². The molecule has 0 bridgehead atoms. The van der Waals surface area contributed by atoms with Gasteiger partial charge in [0.05, 0.1) is 5.03 Å². The summed E-state index contributed by atoms with van der Waals surface area (Å²) in [5, 5.41) is 4.68. The van der Waals surface area contributed by atoms with Gasteiger partial charge in [0.2, 0.25) is 0 Å². The van der Waals surface area contributed by atoms with Gasteiger partial charge in [-0.2, -0.15) is 18.3 Å². The van der Waals surface area contributed by atoms with Crippen LogP contribution in [0.25, 0.3) is 0 Å². The van der Waals surface area contributed by atoms with E-state index in [1.165, 1.54) is 23.5 Å². The number of hydrogen-bond donors (Lipinski definition) is 1. The molecule has 0 atom stereocenters. The second-order valence-corrected chi connectivity index (χ2v) is 6.04. The molecule has 2 N–H and O–H groups in total. The largest absolute Gasteiger partial charge is 0.435 e. The number of nitrogens with two attached hydrogens (primary N) is 1. The number of hydrogen-bond acceptors (Lipinski definition) is 3. The number of thioether (sulfide) groups is 1. The van der Waals surface area contributed by atoms with Crippen LogP contribution in [-0.2, 0) is 25.4 Å². The maximum absolute atomic E-state index is 13.0. The lowest BCUT2D eigenvalue weighted by Crippen LogP contribution is -2.12. The molecule has 0 aliphatic carbocycles. The summed E-state index contributed by atoms with van der Waals surface area (Å²) in [6.45, 7) is 0.133. The topological polar surface area (TPSA) is 43.8 Å². The Morgan fingerprint density at radius 1 is 1.32 bits per heavy atom. The van der Waals surface area contributed by atoms with Gasteiger partial charge in [0.15, 0.2) is 5.69 Å². The van der Waals surface area contributed by atoms with E-state index in [1.54, 1.807) is 6.07 Å². The van der Waals surface area contributed by atoms with Crippen LogP contribution in [0.1, 0.15) is 16.8 Å². The molecule has 0 spiro atoms.